The molecule has 1 aromatic heterocycles. The number of amides is 1. The lowest BCUT2D eigenvalue weighted by Gasteiger charge is -2.19. The lowest BCUT2D eigenvalue weighted by Crippen LogP contribution is -2.27. The highest BCUT2D eigenvalue weighted by Crippen LogP contribution is 2.33. The summed E-state index contributed by atoms with van der Waals surface area (Å²) in [5.41, 5.74) is 1.14. The number of nitro groups is 1. The first-order valence-electron chi connectivity index (χ1n) is 8.49. The van der Waals surface area contributed by atoms with Crippen molar-refractivity contribution in [1.82, 2.24) is 4.98 Å². The number of carbonyl (C=O) groups excluding carboxylic acids is 1. The summed E-state index contributed by atoms with van der Waals surface area (Å²) < 4.78 is 12.8. The molecule has 1 unspecified atom stereocenters. The Morgan fingerprint density at radius 1 is 1.17 bits per heavy atom. The number of para-hydroxylation sites is 1. The Balaban J connectivity index is 2.00. The number of rotatable bonds is 5. The molecule has 0 radical (unpaired) electrons. The number of nitro benzene ring substituents is 1. The summed E-state index contributed by atoms with van der Waals surface area (Å²) in [5.74, 6) is -0.778. The van der Waals surface area contributed by atoms with Crippen LogP contribution < -0.4 is 4.90 Å². The minimum atomic E-state index is -2.09. The van der Waals surface area contributed by atoms with E-state index in [-0.39, 0.29) is 21.2 Å². The molecule has 0 bridgehead atoms. The van der Waals surface area contributed by atoms with Crippen molar-refractivity contribution in [1.29, 1.82) is 0 Å². The second-order valence-electron chi connectivity index (χ2n) is 6.19. The molecule has 1 heterocycles. The molecule has 3 rings (SSSR count). The van der Waals surface area contributed by atoms with E-state index in [0.717, 1.165) is 11.6 Å². The Kier molecular flexibility index (Phi) is 5.81. The quantitative estimate of drug-likeness (QED) is 0.390. The van der Waals surface area contributed by atoms with Crippen LogP contribution >= 0.6 is 0 Å². The van der Waals surface area contributed by atoms with Gasteiger partial charge in [0.25, 0.3) is 10.9 Å². The molecular weight excluding hydrogens is 394 g/mol. The molecule has 3 aromatic rings. The third-order valence-corrected chi connectivity index (χ3v) is 5.72. The number of pyridine rings is 1. The maximum atomic E-state index is 12.9. The van der Waals surface area contributed by atoms with E-state index in [4.69, 9.17) is 0 Å². The summed E-state index contributed by atoms with van der Waals surface area (Å²) in [4.78, 5) is 28.8. The van der Waals surface area contributed by atoms with Crippen LogP contribution in [0.15, 0.2) is 70.7 Å². The van der Waals surface area contributed by atoms with Gasteiger partial charge in [0.2, 0.25) is 4.90 Å². The predicted octanol–water partition coefficient (Wildman–Crippen LogP) is 3.45. The van der Waals surface area contributed by atoms with E-state index in [9.17, 15) is 24.6 Å². The summed E-state index contributed by atoms with van der Waals surface area (Å²) in [6, 6.07) is 13.7. The van der Waals surface area contributed by atoms with Crippen molar-refractivity contribution in [2.75, 3.05) is 11.9 Å². The monoisotopic (exact) mass is 411 g/mol. The summed E-state index contributed by atoms with van der Waals surface area (Å²) in [5, 5.41) is 21.2. The van der Waals surface area contributed by atoms with Crippen molar-refractivity contribution in [3.8, 4) is 5.75 Å². The first kappa shape index (κ1) is 20.3. The van der Waals surface area contributed by atoms with Gasteiger partial charge in [-0.15, -0.1) is 0 Å². The SMILES string of the molecule is Cc1ccccc1N(C)C(=O)c1ccc([S+]([O-])c2ncccc2O)c([N+](=O)[O-])c1. The molecule has 8 nitrogen and oxygen atoms in total. The third-order valence-electron chi connectivity index (χ3n) is 4.31. The Hall–Kier alpha value is -3.43. The van der Waals surface area contributed by atoms with E-state index in [1.54, 1.807) is 19.2 Å². The van der Waals surface area contributed by atoms with E-state index in [1.165, 1.54) is 35.4 Å². The van der Waals surface area contributed by atoms with Crippen molar-refractivity contribution in [3.63, 3.8) is 0 Å². The fourth-order valence-electron chi connectivity index (χ4n) is 2.82. The topological polar surface area (TPSA) is 120 Å². The standard InChI is InChI=1S/C20H17N3O5S/c1-13-6-3-4-7-15(13)22(2)20(25)14-9-10-18(16(12-14)23(26)27)29(28)19-17(24)8-5-11-21-19/h3-12,24H,1-2H3. The van der Waals surface area contributed by atoms with Gasteiger partial charge in [0.15, 0.2) is 5.75 Å². The maximum Gasteiger partial charge on any atom is 0.325 e. The number of aromatic hydroxyl groups is 1. The lowest BCUT2D eigenvalue weighted by molar-refractivity contribution is -0.387. The van der Waals surface area contributed by atoms with E-state index >= 15 is 0 Å². The second-order valence-corrected chi connectivity index (χ2v) is 7.55. The molecule has 1 amide bonds. The molecule has 0 fully saturated rings. The molecular formula is C20H17N3O5S. The highest BCUT2D eigenvalue weighted by Gasteiger charge is 2.31. The summed E-state index contributed by atoms with van der Waals surface area (Å²) >= 11 is -2.09. The number of hydrogen-bond donors (Lipinski definition) is 1. The van der Waals surface area contributed by atoms with Crippen LogP contribution in [-0.4, -0.2) is 32.5 Å². The highest BCUT2D eigenvalue weighted by molar-refractivity contribution is 7.91. The van der Waals surface area contributed by atoms with E-state index in [0.29, 0.717) is 5.69 Å². The maximum absolute atomic E-state index is 12.9. The molecule has 1 N–H and O–H groups in total. The first-order valence-corrected chi connectivity index (χ1v) is 9.64. The zero-order chi connectivity index (χ0) is 21.1. The van der Waals surface area contributed by atoms with E-state index < -0.39 is 27.7 Å². The molecule has 0 aliphatic carbocycles. The Bertz CT molecular complexity index is 1090. The first-order chi connectivity index (χ1) is 13.8. The Morgan fingerprint density at radius 3 is 2.55 bits per heavy atom. The normalized spacial score (nSPS) is 11.7. The van der Waals surface area contributed by atoms with Crippen molar-refractivity contribution in [3.05, 3.63) is 82.0 Å². The minimum Gasteiger partial charge on any atom is -0.605 e. The van der Waals surface area contributed by atoms with Gasteiger partial charge in [-0.3, -0.25) is 14.9 Å². The Labute approximate surface area is 169 Å². The molecule has 29 heavy (non-hydrogen) atoms. The molecule has 0 aliphatic heterocycles. The fraction of sp³-hybridized carbons (Fsp3) is 0.100. The number of anilines is 1. The van der Waals surface area contributed by atoms with E-state index in [1.807, 2.05) is 19.1 Å². The van der Waals surface area contributed by atoms with Crippen LogP contribution in [0.4, 0.5) is 11.4 Å². The highest BCUT2D eigenvalue weighted by atomic mass is 32.2. The van der Waals surface area contributed by atoms with Gasteiger partial charge in [0.05, 0.1) is 16.1 Å². The van der Waals surface area contributed by atoms with E-state index in [2.05, 4.69) is 4.98 Å². The number of carbonyl (C=O) groups is 1. The molecule has 0 spiro atoms. The lowest BCUT2D eigenvalue weighted by atomic mass is 10.1. The zero-order valence-electron chi connectivity index (χ0n) is 15.6. The van der Waals surface area contributed by atoms with Crippen LogP contribution in [0.5, 0.6) is 5.75 Å². The fourth-order valence-corrected chi connectivity index (χ4v) is 3.96. The van der Waals surface area contributed by atoms with Gasteiger partial charge in [0.1, 0.15) is 0 Å². The number of aromatic nitrogens is 1. The number of hydrogen-bond acceptors (Lipinski definition) is 6. The largest absolute Gasteiger partial charge is 0.605 e. The second kappa shape index (κ2) is 8.29. The molecule has 9 heteroatoms. The smallest absolute Gasteiger partial charge is 0.325 e. The average Bonchev–Trinajstić information content (AvgIpc) is 2.72. The van der Waals surface area contributed by atoms with Crippen LogP contribution in [0.2, 0.25) is 0 Å². The third kappa shape index (κ3) is 4.05. The number of nitrogens with zero attached hydrogens (tertiary/aromatic N) is 3. The van der Waals surface area contributed by atoms with Crippen LogP contribution in [0.1, 0.15) is 15.9 Å². The molecule has 148 valence electrons. The summed E-state index contributed by atoms with van der Waals surface area (Å²) in [6.45, 7) is 1.85. The van der Waals surface area contributed by atoms with Crippen molar-refractivity contribution in [2.24, 2.45) is 0 Å². The van der Waals surface area contributed by atoms with Crippen LogP contribution in [0.25, 0.3) is 0 Å². The van der Waals surface area contributed by atoms with Crippen molar-refractivity contribution in [2.45, 2.75) is 16.8 Å². The van der Waals surface area contributed by atoms with Crippen LogP contribution in [0, 0.1) is 17.0 Å². The van der Waals surface area contributed by atoms with Gasteiger partial charge in [-0.05, 0) is 36.8 Å². The van der Waals surface area contributed by atoms with Crippen LogP contribution in [-0.2, 0) is 11.2 Å². The zero-order valence-corrected chi connectivity index (χ0v) is 16.4. The number of benzene rings is 2. The van der Waals surface area contributed by atoms with Gasteiger partial charge >= 0.3 is 5.69 Å². The van der Waals surface area contributed by atoms with Gasteiger partial charge in [0, 0.05) is 36.6 Å². The molecule has 2 aromatic carbocycles. The van der Waals surface area contributed by atoms with Gasteiger partial charge in [-0.1, -0.05) is 18.2 Å². The minimum absolute atomic E-state index is 0.0773. The van der Waals surface area contributed by atoms with Crippen molar-refractivity contribution < 1.29 is 19.4 Å². The summed E-state index contributed by atoms with van der Waals surface area (Å²) in [7, 11) is 1.58. The summed E-state index contributed by atoms with van der Waals surface area (Å²) in [6.07, 6.45) is 1.33. The predicted molar refractivity (Wildman–Crippen MR) is 108 cm³/mol. The van der Waals surface area contributed by atoms with Gasteiger partial charge in [-0.2, -0.15) is 0 Å². The average molecular weight is 411 g/mol. The molecule has 1 atom stereocenters. The molecule has 0 aliphatic rings. The molecule has 0 saturated carbocycles. The number of aryl methyl sites for hydroxylation is 1. The molecule has 0 saturated heterocycles. The van der Waals surface area contributed by atoms with Crippen LogP contribution in [0.3, 0.4) is 0 Å². The Morgan fingerprint density at radius 2 is 1.90 bits per heavy atom. The van der Waals surface area contributed by atoms with Gasteiger partial charge < -0.3 is 14.6 Å². The van der Waals surface area contributed by atoms with Crippen molar-refractivity contribution >= 4 is 28.5 Å². The van der Waals surface area contributed by atoms with Gasteiger partial charge in [-0.25, -0.2) is 4.98 Å².